The van der Waals surface area contributed by atoms with Crippen LogP contribution in [0, 0.1) is 5.92 Å². The van der Waals surface area contributed by atoms with E-state index >= 15 is 0 Å². The summed E-state index contributed by atoms with van der Waals surface area (Å²) in [6.07, 6.45) is 0.798. The Balaban J connectivity index is 1.97. The van der Waals surface area contributed by atoms with E-state index in [1.807, 2.05) is 12.1 Å². The average Bonchev–Trinajstić information content (AvgIpc) is 2.39. The largest absolute Gasteiger partial charge is 0.369 e. The van der Waals surface area contributed by atoms with Gasteiger partial charge in [-0.1, -0.05) is 25.4 Å². The first-order chi connectivity index (χ1) is 9.10. The molecule has 1 heterocycles. The fraction of sp³-hybridized carbons (Fsp3) is 0.533. The zero-order valence-electron chi connectivity index (χ0n) is 11.6. The standard InChI is InChI=1S/C15H21ClN2O/c1-12(2)10-17-5-7-18(8-6-17)14-4-3-13(11-19)15(16)9-14/h3-4,9,11-12H,5-8,10H2,1-2H3. The highest BCUT2D eigenvalue weighted by Gasteiger charge is 2.18. The highest BCUT2D eigenvalue weighted by atomic mass is 35.5. The summed E-state index contributed by atoms with van der Waals surface area (Å²) in [5, 5.41) is 0.539. The molecule has 0 bridgehead atoms. The summed E-state index contributed by atoms with van der Waals surface area (Å²) in [6, 6.07) is 5.67. The van der Waals surface area contributed by atoms with E-state index in [0.717, 1.165) is 38.2 Å². The van der Waals surface area contributed by atoms with E-state index in [2.05, 4.69) is 23.6 Å². The van der Waals surface area contributed by atoms with Gasteiger partial charge in [-0.2, -0.15) is 0 Å². The van der Waals surface area contributed by atoms with Crippen molar-refractivity contribution in [2.75, 3.05) is 37.6 Å². The van der Waals surface area contributed by atoms with Gasteiger partial charge in [0.1, 0.15) is 0 Å². The van der Waals surface area contributed by atoms with Crippen LogP contribution in [0.3, 0.4) is 0 Å². The smallest absolute Gasteiger partial charge is 0.151 e. The van der Waals surface area contributed by atoms with Crippen molar-refractivity contribution in [2.45, 2.75) is 13.8 Å². The molecule has 1 fully saturated rings. The molecule has 0 amide bonds. The van der Waals surface area contributed by atoms with Gasteiger partial charge >= 0.3 is 0 Å². The molecule has 1 aliphatic rings. The SMILES string of the molecule is CC(C)CN1CCN(c2ccc(C=O)c(Cl)c2)CC1. The summed E-state index contributed by atoms with van der Waals surface area (Å²) in [5.41, 5.74) is 1.67. The van der Waals surface area contributed by atoms with Gasteiger partial charge in [-0.3, -0.25) is 9.69 Å². The molecule has 0 N–H and O–H groups in total. The first-order valence-electron chi connectivity index (χ1n) is 6.82. The van der Waals surface area contributed by atoms with Crippen LogP contribution in [0.2, 0.25) is 5.02 Å². The number of carbonyl (C=O) groups is 1. The number of hydrogen-bond donors (Lipinski definition) is 0. The van der Waals surface area contributed by atoms with Crippen LogP contribution in [0.25, 0.3) is 0 Å². The fourth-order valence-corrected chi connectivity index (χ4v) is 2.73. The van der Waals surface area contributed by atoms with Gasteiger partial charge in [0, 0.05) is 44.0 Å². The van der Waals surface area contributed by atoms with Crippen LogP contribution in [0.4, 0.5) is 5.69 Å². The molecule has 0 aliphatic carbocycles. The van der Waals surface area contributed by atoms with E-state index < -0.39 is 0 Å². The van der Waals surface area contributed by atoms with Gasteiger partial charge in [-0.15, -0.1) is 0 Å². The van der Waals surface area contributed by atoms with Gasteiger partial charge in [0.2, 0.25) is 0 Å². The zero-order chi connectivity index (χ0) is 13.8. The minimum Gasteiger partial charge on any atom is -0.369 e. The number of halogens is 1. The van der Waals surface area contributed by atoms with E-state index in [0.29, 0.717) is 16.5 Å². The fourth-order valence-electron chi connectivity index (χ4n) is 2.51. The highest BCUT2D eigenvalue weighted by Crippen LogP contribution is 2.23. The third-order valence-corrected chi connectivity index (χ3v) is 3.80. The van der Waals surface area contributed by atoms with E-state index in [4.69, 9.17) is 11.6 Å². The second kappa shape index (κ2) is 6.40. The van der Waals surface area contributed by atoms with Gasteiger partial charge in [-0.25, -0.2) is 0 Å². The van der Waals surface area contributed by atoms with Gasteiger partial charge in [0.25, 0.3) is 0 Å². The highest BCUT2D eigenvalue weighted by molar-refractivity contribution is 6.33. The molecule has 2 rings (SSSR count). The molecule has 0 spiro atoms. The first kappa shape index (κ1) is 14.4. The van der Waals surface area contributed by atoms with Crippen molar-refractivity contribution >= 4 is 23.6 Å². The molecule has 1 aromatic carbocycles. The summed E-state index contributed by atoms with van der Waals surface area (Å²) in [6.45, 7) is 9.89. The van der Waals surface area contributed by atoms with Crippen LogP contribution >= 0.6 is 11.6 Å². The number of rotatable bonds is 4. The Labute approximate surface area is 120 Å². The minimum absolute atomic E-state index is 0.539. The predicted octanol–water partition coefficient (Wildman–Crippen LogP) is 2.93. The lowest BCUT2D eigenvalue weighted by atomic mass is 10.1. The van der Waals surface area contributed by atoms with Crippen molar-refractivity contribution in [3.8, 4) is 0 Å². The molecule has 4 heteroatoms. The Morgan fingerprint density at radius 2 is 1.95 bits per heavy atom. The molecule has 0 unspecified atom stereocenters. The lowest BCUT2D eigenvalue weighted by Gasteiger charge is -2.37. The quantitative estimate of drug-likeness (QED) is 0.793. The molecule has 19 heavy (non-hydrogen) atoms. The molecule has 1 aliphatic heterocycles. The lowest BCUT2D eigenvalue weighted by Crippen LogP contribution is -2.47. The van der Waals surface area contributed by atoms with E-state index in [1.54, 1.807) is 6.07 Å². The Morgan fingerprint density at radius 3 is 2.47 bits per heavy atom. The monoisotopic (exact) mass is 280 g/mol. The number of anilines is 1. The maximum Gasteiger partial charge on any atom is 0.151 e. The zero-order valence-corrected chi connectivity index (χ0v) is 12.4. The molecule has 104 valence electrons. The van der Waals surface area contributed by atoms with Gasteiger partial charge in [0.05, 0.1) is 5.02 Å². The number of hydrogen-bond acceptors (Lipinski definition) is 3. The first-order valence-corrected chi connectivity index (χ1v) is 7.20. The topological polar surface area (TPSA) is 23.6 Å². The van der Waals surface area contributed by atoms with Crippen LogP contribution in [0.15, 0.2) is 18.2 Å². The summed E-state index contributed by atoms with van der Waals surface area (Å²) in [7, 11) is 0. The second-order valence-corrected chi connectivity index (χ2v) is 5.91. The number of nitrogens with zero attached hydrogens (tertiary/aromatic N) is 2. The van der Waals surface area contributed by atoms with Crippen molar-refractivity contribution in [3.05, 3.63) is 28.8 Å². The lowest BCUT2D eigenvalue weighted by molar-refractivity contribution is 0.112. The summed E-state index contributed by atoms with van der Waals surface area (Å²) < 4.78 is 0. The third-order valence-electron chi connectivity index (χ3n) is 3.47. The number of benzene rings is 1. The average molecular weight is 281 g/mol. The van der Waals surface area contributed by atoms with Crippen molar-refractivity contribution in [3.63, 3.8) is 0 Å². The molecule has 0 aromatic heterocycles. The van der Waals surface area contributed by atoms with Crippen molar-refractivity contribution in [1.82, 2.24) is 4.90 Å². The van der Waals surface area contributed by atoms with Crippen molar-refractivity contribution in [1.29, 1.82) is 0 Å². The van der Waals surface area contributed by atoms with E-state index in [-0.39, 0.29) is 0 Å². The normalized spacial score (nSPS) is 16.9. The molecular formula is C15H21ClN2O. The molecule has 0 radical (unpaired) electrons. The Kier molecular flexibility index (Phi) is 4.83. The number of carbonyl (C=O) groups excluding carboxylic acids is 1. The number of piperazine rings is 1. The van der Waals surface area contributed by atoms with Crippen LogP contribution in [0.5, 0.6) is 0 Å². The summed E-state index contributed by atoms with van der Waals surface area (Å²) in [5.74, 6) is 0.716. The maximum absolute atomic E-state index is 10.8. The number of aldehydes is 1. The van der Waals surface area contributed by atoms with Crippen LogP contribution in [-0.4, -0.2) is 43.9 Å². The molecule has 1 saturated heterocycles. The van der Waals surface area contributed by atoms with Gasteiger partial charge in [0.15, 0.2) is 6.29 Å². The third kappa shape index (κ3) is 3.71. The van der Waals surface area contributed by atoms with Crippen molar-refractivity contribution < 1.29 is 4.79 Å². The maximum atomic E-state index is 10.8. The second-order valence-electron chi connectivity index (χ2n) is 5.51. The van der Waals surface area contributed by atoms with Gasteiger partial charge < -0.3 is 4.90 Å². The molecule has 3 nitrogen and oxygen atoms in total. The predicted molar refractivity (Wildman–Crippen MR) is 80.3 cm³/mol. The van der Waals surface area contributed by atoms with Crippen molar-refractivity contribution in [2.24, 2.45) is 5.92 Å². The van der Waals surface area contributed by atoms with Crippen LogP contribution < -0.4 is 4.90 Å². The molecule has 1 aromatic rings. The molecular weight excluding hydrogens is 260 g/mol. The summed E-state index contributed by atoms with van der Waals surface area (Å²) >= 11 is 6.08. The Hall–Kier alpha value is -1.06. The Morgan fingerprint density at radius 1 is 1.26 bits per heavy atom. The van der Waals surface area contributed by atoms with Crippen LogP contribution in [-0.2, 0) is 0 Å². The Bertz CT molecular complexity index is 440. The minimum atomic E-state index is 0.539. The summed E-state index contributed by atoms with van der Waals surface area (Å²) in [4.78, 5) is 15.6. The van der Waals surface area contributed by atoms with Gasteiger partial charge in [-0.05, 0) is 24.1 Å². The molecule has 0 atom stereocenters. The van der Waals surface area contributed by atoms with E-state index in [9.17, 15) is 4.79 Å². The van der Waals surface area contributed by atoms with E-state index in [1.165, 1.54) is 6.54 Å². The van der Waals surface area contributed by atoms with Crippen LogP contribution in [0.1, 0.15) is 24.2 Å². The molecule has 0 saturated carbocycles.